The maximum Gasteiger partial charge on any atom is 0.419 e. The van der Waals surface area contributed by atoms with Gasteiger partial charge in [-0.15, -0.1) is 0 Å². The molecule has 0 bridgehead atoms. The minimum atomic E-state index is -0.552. The number of rotatable bonds is 4. The lowest BCUT2D eigenvalue weighted by Crippen LogP contribution is -2.26. The molecule has 134 valence electrons. The van der Waals surface area contributed by atoms with Crippen LogP contribution in [0.1, 0.15) is 26.5 Å². The van der Waals surface area contributed by atoms with Gasteiger partial charge in [-0.1, -0.05) is 0 Å². The number of aromatic nitrogens is 4. The van der Waals surface area contributed by atoms with E-state index in [1.165, 1.54) is 10.9 Å². The van der Waals surface area contributed by atoms with Gasteiger partial charge in [0.2, 0.25) is 0 Å². The van der Waals surface area contributed by atoms with E-state index in [0.717, 1.165) is 11.3 Å². The molecule has 3 aromatic rings. The maximum atomic E-state index is 12.0. The van der Waals surface area contributed by atoms with Crippen LogP contribution in [0, 0.1) is 0 Å². The van der Waals surface area contributed by atoms with Crippen molar-refractivity contribution in [3.05, 3.63) is 60.8 Å². The van der Waals surface area contributed by atoms with Gasteiger partial charge in [0.25, 0.3) is 0 Å². The minimum absolute atomic E-state index is 0.348. The SMILES string of the molecule is CC(C)(C)OC(=O)n1cnc(-c2ccc(OCc3cccnn3)cc2)c1. The highest BCUT2D eigenvalue weighted by Crippen LogP contribution is 2.22. The van der Waals surface area contributed by atoms with Crippen LogP contribution in [0.5, 0.6) is 5.75 Å². The molecule has 0 atom stereocenters. The predicted octanol–water partition coefficient (Wildman–Crippen LogP) is 3.70. The smallest absolute Gasteiger partial charge is 0.419 e. The highest BCUT2D eigenvalue weighted by Gasteiger charge is 2.18. The van der Waals surface area contributed by atoms with E-state index in [1.54, 1.807) is 12.4 Å². The summed E-state index contributed by atoms with van der Waals surface area (Å²) >= 11 is 0. The van der Waals surface area contributed by atoms with Gasteiger partial charge in [-0.25, -0.2) is 14.3 Å². The Hall–Kier alpha value is -3.22. The van der Waals surface area contributed by atoms with Crippen molar-refractivity contribution in [1.82, 2.24) is 19.7 Å². The van der Waals surface area contributed by atoms with Crippen LogP contribution in [-0.4, -0.2) is 31.4 Å². The number of carbonyl (C=O) groups is 1. The molecule has 0 spiro atoms. The van der Waals surface area contributed by atoms with Gasteiger partial charge in [-0.05, 0) is 57.2 Å². The van der Waals surface area contributed by atoms with Crippen LogP contribution >= 0.6 is 0 Å². The standard InChI is InChI=1S/C19H20N4O3/c1-19(2,3)26-18(24)23-11-17(20-13-23)14-6-8-16(9-7-14)25-12-15-5-4-10-21-22-15/h4-11,13H,12H2,1-3H3. The van der Waals surface area contributed by atoms with Crippen LogP contribution in [0.25, 0.3) is 11.3 Å². The fourth-order valence-corrected chi connectivity index (χ4v) is 2.18. The first-order valence-electron chi connectivity index (χ1n) is 8.18. The third-order valence-corrected chi connectivity index (χ3v) is 3.35. The minimum Gasteiger partial charge on any atom is -0.487 e. The molecule has 0 aliphatic heterocycles. The average molecular weight is 352 g/mol. The van der Waals surface area contributed by atoms with Gasteiger partial charge >= 0.3 is 6.09 Å². The van der Waals surface area contributed by atoms with Gasteiger partial charge in [-0.2, -0.15) is 10.2 Å². The molecule has 26 heavy (non-hydrogen) atoms. The molecule has 2 heterocycles. The Balaban J connectivity index is 1.64. The molecule has 0 unspecified atom stereocenters. The van der Waals surface area contributed by atoms with E-state index in [0.29, 0.717) is 18.1 Å². The number of nitrogens with zero attached hydrogens (tertiary/aromatic N) is 4. The van der Waals surface area contributed by atoms with Crippen molar-refractivity contribution in [2.24, 2.45) is 0 Å². The Bertz CT molecular complexity index is 868. The van der Waals surface area contributed by atoms with Crippen molar-refractivity contribution < 1.29 is 14.3 Å². The number of imidazole rings is 1. The molecule has 1 aromatic carbocycles. The molecular formula is C19H20N4O3. The zero-order valence-electron chi connectivity index (χ0n) is 14.9. The summed E-state index contributed by atoms with van der Waals surface area (Å²) in [4.78, 5) is 16.3. The fourth-order valence-electron chi connectivity index (χ4n) is 2.18. The monoisotopic (exact) mass is 352 g/mol. The molecule has 2 aromatic heterocycles. The number of hydrogen-bond donors (Lipinski definition) is 0. The Kier molecular flexibility index (Phi) is 4.97. The topological polar surface area (TPSA) is 79.1 Å². The summed E-state index contributed by atoms with van der Waals surface area (Å²) in [5.41, 5.74) is 1.76. The van der Waals surface area contributed by atoms with Crippen LogP contribution in [0.2, 0.25) is 0 Å². The normalized spacial score (nSPS) is 11.2. The van der Waals surface area contributed by atoms with E-state index in [2.05, 4.69) is 15.2 Å². The Labute approximate surface area is 151 Å². The summed E-state index contributed by atoms with van der Waals surface area (Å²) < 4.78 is 12.3. The van der Waals surface area contributed by atoms with Gasteiger partial charge in [-0.3, -0.25) is 0 Å². The predicted molar refractivity (Wildman–Crippen MR) is 95.7 cm³/mol. The Morgan fingerprint density at radius 2 is 1.92 bits per heavy atom. The first-order chi connectivity index (χ1) is 12.4. The summed E-state index contributed by atoms with van der Waals surface area (Å²) in [5.74, 6) is 0.714. The molecule has 7 heteroatoms. The van der Waals surface area contributed by atoms with Crippen LogP contribution in [0.15, 0.2) is 55.1 Å². The summed E-state index contributed by atoms with van der Waals surface area (Å²) in [5, 5.41) is 7.78. The fraction of sp³-hybridized carbons (Fsp3) is 0.263. The lowest BCUT2D eigenvalue weighted by atomic mass is 10.1. The van der Waals surface area contributed by atoms with Crippen molar-refractivity contribution in [3.8, 4) is 17.0 Å². The Morgan fingerprint density at radius 1 is 1.15 bits per heavy atom. The molecule has 0 amide bonds. The lowest BCUT2D eigenvalue weighted by molar-refractivity contribution is 0.0536. The lowest BCUT2D eigenvalue weighted by Gasteiger charge is -2.19. The van der Waals surface area contributed by atoms with Crippen molar-refractivity contribution in [1.29, 1.82) is 0 Å². The van der Waals surface area contributed by atoms with Crippen molar-refractivity contribution in [2.75, 3.05) is 0 Å². The van der Waals surface area contributed by atoms with E-state index in [9.17, 15) is 4.79 Å². The number of hydrogen-bond acceptors (Lipinski definition) is 6. The third-order valence-electron chi connectivity index (χ3n) is 3.35. The quantitative estimate of drug-likeness (QED) is 0.712. The molecule has 0 fully saturated rings. The van der Waals surface area contributed by atoms with Crippen LogP contribution < -0.4 is 4.74 Å². The first-order valence-corrected chi connectivity index (χ1v) is 8.18. The molecule has 0 saturated carbocycles. The summed E-state index contributed by atoms with van der Waals surface area (Å²) in [6.07, 6.45) is 4.25. The summed E-state index contributed by atoms with van der Waals surface area (Å²) in [6.45, 7) is 5.81. The molecular weight excluding hydrogens is 332 g/mol. The second-order valence-corrected chi connectivity index (χ2v) is 6.67. The second kappa shape index (κ2) is 7.35. The van der Waals surface area contributed by atoms with E-state index >= 15 is 0 Å². The van der Waals surface area contributed by atoms with E-state index < -0.39 is 11.7 Å². The van der Waals surface area contributed by atoms with Gasteiger partial charge in [0.05, 0.1) is 5.69 Å². The number of benzene rings is 1. The molecule has 0 saturated heterocycles. The third kappa shape index (κ3) is 4.66. The van der Waals surface area contributed by atoms with Crippen molar-refractivity contribution in [2.45, 2.75) is 33.0 Å². The van der Waals surface area contributed by atoms with Gasteiger partial charge < -0.3 is 9.47 Å². The summed E-state index contributed by atoms with van der Waals surface area (Å²) in [6, 6.07) is 11.1. The zero-order valence-corrected chi connectivity index (χ0v) is 14.9. The van der Waals surface area contributed by atoms with Crippen molar-refractivity contribution >= 4 is 6.09 Å². The maximum absolute atomic E-state index is 12.0. The molecule has 7 nitrogen and oxygen atoms in total. The van der Waals surface area contributed by atoms with Crippen LogP contribution in [-0.2, 0) is 11.3 Å². The highest BCUT2D eigenvalue weighted by molar-refractivity contribution is 5.72. The molecule has 3 rings (SSSR count). The van der Waals surface area contributed by atoms with E-state index in [4.69, 9.17) is 9.47 Å². The zero-order chi connectivity index (χ0) is 18.6. The largest absolute Gasteiger partial charge is 0.487 e. The van der Waals surface area contributed by atoms with E-state index in [-0.39, 0.29) is 0 Å². The first kappa shape index (κ1) is 17.6. The van der Waals surface area contributed by atoms with Gasteiger partial charge in [0.1, 0.15) is 30.0 Å². The number of ether oxygens (including phenoxy) is 2. The van der Waals surface area contributed by atoms with Gasteiger partial charge in [0.15, 0.2) is 0 Å². The second-order valence-electron chi connectivity index (χ2n) is 6.67. The highest BCUT2D eigenvalue weighted by atomic mass is 16.6. The van der Waals surface area contributed by atoms with E-state index in [1.807, 2.05) is 57.2 Å². The molecule has 0 radical (unpaired) electrons. The van der Waals surface area contributed by atoms with Gasteiger partial charge in [0, 0.05) is 18.0 Å². The average Bonchev–Trinajstić information content (AvgIpc) is 3.10. The van der Waals surface area contributed by atoms with Crippen molar-refractivity contribution in [3.63, 3.8) is 0 Å². The van der Waals surface area contributed by atoms with Crippen LogP contribution in [0.4, 0.5) is 4.79 Å². The molecule has 0 aliphatic carbocycles. The number of carbonyl (C=O) groups excluding carboxylic acids is 1. The molecule has 0 aliphatic rings. The summed E-state index contributed by atoms with van der Waals surface area (Å²) in [7, 11) is 0. The molecule has 0 N–H and O–H groups in total. The Morgan fingerprint density at radius 3 is 2.58 bits per heavy atom. The van der Waals surface area contributed by atoms with Crippen LogP contribution in [0.3, 0.4) is 0 Å².